The van der Waals surface area contributed by atoms with E-state index in [0.29, 0.717) is 0 Å². The van der Waals surface area contributed by atoms with E-state index in [9.17, 15) is 4.39 Å². The molecule has 1 aromatic rings. The predicted octanol–water partition coefficient (Wildman–Crippen LogP) is 3.12. The van der Waals surface area contributed by atoms with Crippen molar-refractivity contribution in [2.75, 3.05) is 11.9 Å². The smallest absolute Gasteiger partial charge is 0.125 e. The summed E-state index contributed by atoms with van der Waals surface area (Å²) in [6, 6.07) is 4.93. The Morgan fingerprint density at radius 1 is 1.38 bits per heavy atom. The molecule has 0 aromatic heterocycles. The summed E-state index contributed by atoms with van der Waals surface area (Å²) in [7, 11) is 0. The van der Waals surface area contributed by atoms with Crippen LogP contribution in [0.2, 0.25) is 0 Å². The third-order valence-corrected chi connectivity index (χ3v) is 1.70. The third-order valence-electron chi connectivity index (χ3n) is 1.70. The minimum absolute atomic E-state index is 0.192. The quantitative estimate of drug-likeness (QED) is 0.703. The molecule has 0 saturated heterocycles. The van der Waals surface area contributed by atoms with Crippen LogP contribution in [0, 0.1) is 12.7 Å². The largest absolute Gasteiger partial charge is 0.381 e. The number of halogens is 1. The van der Waals surface area contributed by atoms with Gasteiger partial charge in [0.05, 0.1) is 0 Å². The number of nitrogens with one attached hydrogen (secondary N) is 1. The summed E-state index contributed by atoms with van der Waals surface area (Å²) >= 11 is 0. The van der Waals surface area contributed by atoms with Gasteiger partial charge in [0, 0.05) is 12.2 Å². The molecule has 0 fully saturated rings. The van der Waals surface area contributed by atoms with Crippen LogP contribution in [0.3, 0.4) is 0 Å². The fourth-order valence-corrected chi connectivity index (χ4v) is 1.13. The lowest BCUT2D eigenvalue weighted by Gasteiger charge is -2.04. The van der Waals surface area contributed by atoms with Gasteiger partial charge in [-0.25, -0.2) is 4.39 Å². The molecule has 70 valence electrons. The van der Waals surface area contributed by atoms with Crippen molar-refractivity contribution in [2.45, 2.75) is 13.8 Å². The molecule has 0 aliphatic rings. The molecule has 1 N–H and O–H groups in total. The molecule has 2 heteroatoms. The fourth-order valence-electron chi connectivity index (χ4n) is 1.13. The summed E-state index contributed by atoms with van der Waals surface area (Å²) in [5, 5.41) is 3.10. The van der Waals surface area contributed by atoms with Gasteiger partial charge in [0.2, 0.25) is 0 Å². The summed E-state index contributed by atoms with van der Waals surface area (Å²) in [4.78, 5) is 0. The van der Waals surface area contributed by atoms with Gasteiger partial charge in [0.25, 0.3) is 0 Å². The van der Waals surface area contributed by atoms with E-state index in [4.69, 9.17) is 0 Å². The maximum absolute atomic E-state index is 12.9. The van der Waals surface area contributed by atoms with Gasteiger partial charge in [-0.3, -0.25) is 0 Å². The minimum atomic E-state index is -0.192. The zero-order chi connectivity index (χ0) is 9.68. The Morgan fingerprint density at radius 2 is 2.15 bits per heavy atom. The van der Waals surface area contributed by atoms with Crippen molar-refractivity contribution in [3.05, 3.63) is 41.7 Å². The molecule has 0 aliphatic carbocycles. The van der Waals surface area contributed by atoms with Gasteiger partial charge in [-0.1, -0.05) is 12.2 Å². The van der Waals surface area contributed by atoms with Crippen molar-refractivity contribution >= 4 is 5.69 Å². The van der Waals surface area contributed by atoms with Gasteiger partial charge in [-0.05, 0) is 37.6 Å². The summed E-state index contributed by atoms with van der Waals surface area (Å²) in [5.74, 6) is -0.192. The number of rotatable bonds is 3. The molecule has 0 aliphatic heterocycles. The lowest BCUT2D eigenvalue weighted by Crippen LogP contribution is -1.98. The van der Waals surface area contributed by atoms with Crippen LogP contribution in [-0.4, -0.2) is 6.54 Å². The van der Waals surface area contributed by atoms with E-state index < -0.39 is 0 Å². The Hall–Kier alpha value is -1.31. The van der Waals surface area contributed by atoms with Crippen molar-refractivity contribution in [2.24, 2.45) is 0 Å². The maximum Gasteiger partial charge on any atom is 0.125 e. The van der Waals surface area contributed by atoms with Crippen LogP contribution in [0.5, 0.6) is 0 Å². The normalized spacial score (nSPS) is 10.7. The second kappa shape index (κ2) is 4.65. The molecule has 0 radical (unpaired) electrons. The van der Waals surface area contributed by atoms with E-state index in [2.05, 4.69) is 5.32 Å². The predicted molar refractivity (Wildman–Crippen MR) is 54.4 cm³/mol. The van der Waals surface area contributed by atoms with E-state index in [0.717, 1.165) is 17.8 Å². The molecule has 0 atom stereocenters. The van der Waals surface area contributed by atoms with Crippen LogP contribution >= 0.6 is 0 Å². The van der Waals surface area contributed by atoms with Crippen LogP contribution in [0.15, 0.2) is 30.4 Å². The zero-order valence-corrected chi connectivity index (χ0v) is 7.97. The molecule has 0 unspecified atom stereocenters. The molecule has 0 bridgehead atoms. The van der Waals surface area contributed by atoms with Gasteiger partial charge in [0.1, 0.15) is 5.82 Å². The highest BCUT2D eigenvalue weighted by Crippen LogP contribution is 2.12. The first kappa shape index (κ1) is 9.78. The molecule has 0 spiro atoms. The monoisotopic (exact) mass is 179 g/mol. The Kier molecular flexibility index (Phi) is 3.50. The lowest BCUT2D eigenvalue weighted by molar-refractivity contribution is 0.627. The fraction of sp³-hybridized carbons (Fsp3) is 0.273. The Morgan fingerprint density at radius 3 is 2.77 bits per heavy atom. The van der Waals surface area contributed by atoms with E-state index in [1.807, 2.05) is 32.1 Å². The number of aryl methyl sites for hydroxylation is 1. The second-order valence-electron chi connectivity index (χ2n) is 2.97. The van der Waals surface area contributed by atoms with Crippen molar-refractivity contribution < 1.29 is 4.39 Å². The highest BCUT2D eigenvalue weighted by Gasteiger charge is 1.95. The Balaban J connectivity index is 2.66. The van der Waals surface area contributed by atoms with Crippen molar-refractivity contribution in [3.8, 4) is 0 Å². The summed E-state index contributed by atoms with van der Waals surface area (Å²) in [6.45, 7) is 4.57. The molecule has 0 heterocycles. The van der Waals surface area contributed by atoms with E-state index in [1.54, 1.807) is 0 Å². The van der Waals surface area contributed by atoms with Gasteiger partial charge in [-0.2, -0.15) is 0 Å². The second-order valence-corrected chi connectivity index (χ2v) is 2.97. The highest BCUT2D eigenvalue weighted by atomic mass is 19.1. The lowest BCUT2D eigenvalue weighted by atomic mass is 10.2. The zero-order valence-electron chi connectivity index (χ0n) is 7.97. The van der Waals surface area contributed by atoms with E-state index in [-0.39, 0.29) is 5.82 Å². The van der Waals surface area contributed by atoms with E-state index >= 15 is 0 Å². The molecule has 1 rings (SSSR count). The van der Waals surface area contributed by atoms with Gasteiger partial charge >= 0.3 is 0 Å². The first-order valence-electron chi connectivity index (χ1n) is 4.34. The number of hydrogen-bond donors (Lipinski definition) is 1. The maximum atomic E-state index is 12.9. The van der Waals surface area contributed by atoms with E-state index in [1.165, 1.54) is 12.1 Å². The first-order valence-corrected chi connectivity index (χ1v) is 4.34. The summed E-state index contributed by atoms with van der Waals surface area (Å²) in [6.07, 6.45) is 3.94. The van der Waals surface area contributed by atoms with Crippen LogP contribution in [0.4, 0.5) is 10.1 Å². The Labute approximate surface area is 78.3 Å². The standard InChI is InChI=1S/C11H14FN/c1-3-4-5-13-11-7-9(2)6-10(12)8-11/h3-4,6-8,13H,5H2,1-2H3/b4-3+. The molecule has 0 amide bonds. The molecule has 1 aromatic carbocycles. The van der Waals surface area contributed by atoms with Gasteiger partial charge < -0.3 is 5.32 Å². The molecular weight excluding hydrogens is 165 g/mol. The number of hydrogen-bond acceptors (Lipinski definition) is 1. The SMILES string of the molecule is C/C=C/CNc1cc(C)cc(F)c1. The molecule has 0 saturated carbocycles. The molecule has 13 heavy (non-hydrogen) atoms. The number of allylic oxidation sites excluding steroid dienone is 1. The van der Waals surface area contributed by atoms with Crippen molar-refractivity contribution in [1.82, 2.24) is 0 Å². The van der Waals surface area contributed by atoms with Crippen LogP contribution in [0.25, 0.3) is 0 Å². The highest BCUT2D eigenvalue weighted by molar-refractivity contribution is 5.46. The van der Waals surface area contributed by atoms with Gasteiger partial charge in [0.15, 0.2) is 0 Å². The molecule has 1 nitrogen and oxygen atoms in total. The van der Waals surface area contributed by atoms with Crippen LogP contribution in [0.1, 0.15) is 12.5 Å². The van der Waals surface area contributed by atoms with Crippen LogP contribution < -0.4 is 5.32 Å². The summed E-state index contributed by atoms with van der Waals surface area (Å²) < 4.78 is 12.9. The van der Waals surface area contributed by atoms with Crippen molar-refractivity contribution in [1.29, 1.82) is 0 Å². The number of anilines is 1. The minimum Gasteiger partial charge on any atom is -0.381 e. The van der Waals surface area contributed by atoms with Crippen molar-refractivity contribution in [3.63, 3.8) is 0 Å². The Bertz CT molecular complexity index is 285. The topological polar surface area (TPSA) is 12.0 Å². The number of benzene rings is 1. The third kappa shape index (κ3) is 3.28. The first-order chi connectivity index (χ1) is 6.22. The average molecular weight is 179 g/mol. The average Bonchev–Trinajstić information content (AvgIpc) is 2.03. The summed E-state index contributed by atoms with van der Waals surface area (Å²) in [5.41, 5.74) is 1.76. The van der Waals surface area contributed by atoms with Crippen LogP contribution in [-0.2, 0) is 0 Å². The molecular formula is C11H14FN. The van der Waals surface area contributed by atoms with Gasteiger partial charge in [-0.15, -0.1) is 0 Å².